The molecule has 0 aliphatic carbocycles. The smallest absolute Gasteiger partial charge is 0.129 e. The van der Waals surface area contributed by atoms with Crippen LogP contribution in [0.1, 0.15) is 42.8 Å². The van der Waals surface area contributed by atoms with Crippen LogP contribution in [0.4, 0.5) is 4.39 Å². The normalized spacial score (nSPS) is 12.9. The van der Waals surface area contributed by atoms with Gasteiger partial charge < -0.3 is 5.11 Å². The predicted molar refractivity (Wildman–Crippen MR) is 72.4 cm³/mol. The molecule has 1 heterocycles. The lowest BCUT2D eigenvalue weighted by molar-refractivity contribution is 0.172. The fraction of sp³-hybridized carbons (Fsp3) is 0.400. The minimum Gasteiger partial charge on any atom is -0.388 e. The Balaban J connectivity index is 2.13. The van der Waals surface area contributed by atoms with Crippen LogP contribution in [0.15, 0.2) is 30.5 Å². The summed E-state index contributed by atoms with van der Waals surface area (Å²) in [6.07, 6.45) is 1.33. The van der Waals surface area contributed by atoms with Gasteiger partial charge in [0.1, 0.15) is 5.82 Å². The number of aliphatic hydroxyl groups is 1. The summed E-state index contributed by atoms with van der Waals surface area (Å²) in [6.45, 7) is 5.89. The maximum Gasteiger partial charge on any atom is 0.129 e. The Hall–Kier alpha value is -1.68. The molecule has 2 rings (SSSR count). The zero-order valence-corrected chi connectivity index (χ0v) is 11.5. The summed E-state index contributed by atoms with van der Waals surface area (Å²) in [4.78, 5) is 0. The Bertz CT molecular complexity index is 563. The molecular weight excluding hydrogens is 243 g/mol. The summed E-state index contributed by atoms with van der Waals surface area (Å²) in [7, 11) is 0. The van der Waals surface area contributed by atoms with Crippen molar-refractivity contribution in [1.82, 2.24) is 9.78 Å². The van der Waals surface area contributed by atoms with E-state index in [1.807, 2.05) is 37.7 Å². The molecule has 0 spiro atoms. The van der Waals surface area contributed by atoms with E-state index in [2.05, 4.69) is 5.10 Å². The molecule has 1 unspecified atom stereocenters. The summed E-state index contributed by atoms with van der Waals surface area (Å²) < 4.78 is 15.6. The number of aryl methyl sites for hydroxylation is 1. The van der Waals surface area contributed by atoms with Gasteiger partial charge in [-0.25, -0.2) is 4.39 Å². The maximum atomic E-state index is 13.8. The van der Waals surface area contributed by atoms with E-state index in [0.29, 0.717) is 12.0 Å². The van der Waals surface area contributed by atoms with E-state index in [0.717, 1.165) is 11.3 Å². The third-order valence-corrected chi connectivity index (χ3v) is 3.11. The minimum absolute atomic E-state index is 0.280. The lowest BCUT2D eigenvalue weighted by Crippen LogP contribution is -2.07. The van der Waals surface area contributed by atoms with Crippen molar-refractivity contribution in [3.8, 4) is 0 Å². The Morgan fingerprint density at radius 2 is 2.05 bits per heavy atom. The van der Waals surface area contributed by atoms with Gasteiger partial charge in [-0.3, -0.25) is 4.68 Å². The fourth-order valence-electron chi connectivity index (χ4n) is 1.98. The van der Waals surface area contributed by atoms with Crippen LogP contribution in [-0.4, -0.2) is 14.9 Å². The molecule has 0 aliphatic heterocycles. The van der Waals surface area contributed by atoms with Crippen molar-refractivity contribution in [1.29, 1.82) is 0 Å². The molecule has 0 amide bonds. The number of nitrogens with zero attached hydrogens (tertiary/aromatic N) is 2. The van der Waals surface area contributed by atoms with Crippen LogP contribution in [0.5, 0.6) is 0 Å². The molecule has 3 nitrogen and oxygen atoms in total. The van der Waals surface area contributed by atoms with Gasteiger partial charge in [0.15, 0.2) is 0 Å². The SMILES string of the molecule is Cc1ccc(C(O)Cc2ccn(C(C)C)n2)c(F)c1. The molecule has 1 aromatic carbocycles. The largest absolute Gasteiger partial charge is 0.388 e. The summed E-state index contributed by atoms with van der Waals surface area (Å²) in [6, 6.07) is 7.01. The molecule has 1 atom stereocenters. The number of hydrogen-bond acceptors (Lipinski definition) is 2. The fourth-order valence-corrected chi connectivity index (χ4v) is 1.98. The first-order valence-corrected chi connectivity index (χ1v) is 6.45. The zero-order chi connectivity index (χ0) is 14.0. The van der Waals surface area contributed by atoms with E-state index < -0.39 is 6.10 Å². The van der Waals surface area contributed by atoms with Crippen molar-refractivity contribution >= 4 is 0 Å². The maximum absolute atomic E-state index is 13.8. The van der Waals surface area contributed by atoms with E-state index in [-0.39, 0.29) is 11.9 Å². The van der Waals surface area contributed by atoms with Crippen LogP contribution in [0.25, 0.3) is 0 Å². The van der Waals surface area contributed by atoms with Crippen molar-refractivity contribution in [3.63, 3.8) is 0 Å². The topological polar surface area (TPSA) is 38.0 Å². The van der Waals surface area contributed by atoms with Gasteiger partial charge in [-0.1, -0.05) is 12.1 Å². The summed E-state index contributed by atoms with van der Waals surface area (Å²) >= 11 is 0. The third kappa shape index (κ3) is 3.20. The predicted octanol–water partition coefficient (Wildman–Crippen LogP) is 3.19. The second-order valence-electron chi connectivity index (χ2n) is 5.13. The highest BCUT2D eigenvalue weighted by Crippen LogP contribution is 2.21. The van der Waals surface area contributed by atoms with Crippen LogP contribution >= 0.6 is 0 Å². The van der Waals surface area contributed by atoms with Gasteiger partial charge in [-0.15, -0.1) is 0 Å². The van der Waals surface area contributed by atoms with Crippen LogP contribution in [0.3, 0.4) is 0 Å². The van der Waals surface area contributed by atoms with Crippen LogP contribution in [0.2, 0.25) is 0 Å². The molecular formula is C15H19FN2O. The molecule has 19 heavy (non-hydrogen) atoms. The Labute approximate surface area is 112 Å². The molecule has 0 saturated heterocycles. The number of aromatic nitrogens is 2. The van der Waals surface area contributed by atoms with E-state index in [1.54, 1.807) is 12.1 Å². The molecule has 0 saturated carbocycles. The Morgan fingerprint density at radius 1 is 1.32 bits per heavy atom. The summed E-state index contributed by atoms with van der Waals surface area (Å²) in [5.74, 6) is -0.365. The first kappa shape index (κ1) is 13.7. The standard InChI is InChI=1S/C15H19FN2O/c1-10(2)18-7-6-12(17-18)9-15(19)13-5-4-11(3)8-14(13)16/h4-8,10,15,19H,9H2,1-3H3. The van der Waals surface area contributed by atoms with Gasteiger partial charge in [-0.2, -0.15) is 5.10 Å². The van der Waals surface area contributed by atoms with Crippen molar-refractivity contribution in [3.05, 3.63) is 53.1 Å². The average Bonchev–Trinajstić information content (AvgIpc) is 2.77. The number of aliphatic hydroxyl groups excluding tert-OH is 1. The van der Waals surface area contributed by atoms with Crippen molar-refractivity contribution in [2.24, 2.45) is 0 Å². The van der Waals surface area contributed by atoms with Gasteiger partial charge in [0.2, 0.25) is 0 Å². The van der Waals surface area contributed by atoms with Gasteiger partial charge >= 0.3 is 0 Å². The second kappa shape index (κ2) is 5.53. The first-order chi connectivity index (χ1) is 8.97. The van der Waals surface area contributed by atoms with E-state index in [1.165, 1.54) is 6.07 Å². The molecule has 1 aromatic heterocycles. The molecule has 0 fully saturated rings. The average molecular weight is 262 g/mol. The molecule has 102 valence electrons. The quantitative estimate of drug-likeness (QED) is 0.919. The highest BCUT2D eigenvalue weighted by molar-refractivity contribution is 5.26. The lowest BCUT2D eigenvalue weighted by Gasteiger charge is -2.11. The molecule has 0 bridgehead atoms. The van der Waals surface area contributed by atoms with Crippen LogP contribution in [-0.2, 0) is 6.42 Å². The van der Waals surface area contributed by atoms with E-state index in [9.17, 15) is 9.50 Å². The second-order valence-corrected chi connectivity index (χ2v) is 5.13. The van der Waals surface area contributed by atoms with Crippen LogP contribution < -0.4 is 0 Å². The van der Waals surface area contributed by atoms with Crippen LogP contribution in [0, 0.1) is 12.7 Å². The van der Waals surface area contributed by atoms with Crippen molar-refractivity contribution in [2.45, 2.75) is 39.3 Å². The summed E-state index contributed by atoms with van der Waals surface area (Å²) in [5.41, 5.74) is 1.93. The number of halogens is 1. The monoisotopic (exact) mass is 262 g/mol. The Kier molecular flexibility index (Phi) is 4.00. The van der Waals surface area contributed by atoms with Gasteiger partial charge in [-0.05, 0) is 38.5 Å². The van der Waals surface area contributed by atoms with Gasteiger partial charge in [0.05, 0.1) is 11.8 Å². The molecule has 0 radical (unpaired) electrons. The first-order valence-electron chi connectivity index (χ1n) is 6.45. The van der Waals surface area contributed by atoms with Crippen molar-refractivity contribution in [2.75, 3.05) is 0 Å². The van der Waals surface area contributed by atoms with Crippen molar-refractivity contribution < 1.29 is 9.50 Å². The Morgan fingerprint density at radius 3 is 2.63 bits per heavy atom. The molecule has 1 N–H and O–H groups in total. The summed E-state index contributed by atoms with van der Waals surface area (Å²) in [5, 5.41) is 14.5. The number of hydrogen-bond donors (Lipinski definition) is 1. The third-order valence-electron chi connectivity index (χ3n) is 3.11. The lowest BCUT2D eigenvalue weighted by atomic mass is 10.0. The van der Waals surface area contributed by atoms with Gasteiger partial charge in [0, 0.05) is 24.2 Å². The van der Waals surface area contributed by atoms with E-state index in [4.69, 9.17) is 0 Å². The number of benzene rings is 1. The molecule has 0 aliphatic rings. The number of rotatable bonds is 4. The highest BCUT2D eigenvalue weighted by atomic mass is 19.1. The minimum atomic E-state index is -0.865. The zero-order valence-electron chi connectivity index (χ0n) is 11.5. The highest BCUT2D eigenvalue weighted by Gasteiger charge is 2.15. The van der Waals surface area contributed by atoms with Gasteiger partial charge in [0.25, 0.3) is 0 Å². The molecule has 2 aromatic rings. The molecule has 4 heteroatoms. The van der Waals surface area contributed by atoms with E-state index >= 15 is 0 Å².